The number of benzene rings is 1. The fourth-order valence-corrected chi connectivity index (χ4v) is 2.18. The highest BCUT2D eigenvalue weighted by molar-refractivity contribution is 6.38. The maximum absolute atomic E-state index is 11.7. The number of amides is 1. The molecule has 11 nitrogen and oxygen atoms in total. The van der Waals surface area contributed by atoms with Gasteiger partial charge < -0.3 is 15.5 Å². The number of anilines is 1. The second kappa shape index (κ2) is 8.36. The van der Waals surface area contributed by atoms with Crippen molar-refractivity contribution in [3.05, 3.63) is 42.5 Å². The average Bonchev–Trinajstić information content (AvgIpc) is 2.59. The first-order valence-electron chi connectivity index (χ1n) is 6.94. The molecule has 1 aromatic heterocycles. The van der Waals surface area contributed by atoms with Gasteiger partial charge in [0, 0.05) is 18.5 Å². The van der Waals surface area contributed by atoms with Crippen LogP contribution < -0.4 is 22.0 Å². The maximum atomic E-state index is 11.7. The first-order valence-corrected chi connectivity index (χ1v) is 7.70. The molecule has 1 aromatic carbocycles. The normalized spacial score (nSPS) is 10.8. The van der Waals surface area contributed by atoms with E-state index in [1.807, 2.05) is 10.1 Å². The molecule has 0 atom stereocenters. The molecule has 1 heterocycles. The van der Waals surface area contributed by atoms with E-state index in [0.29, 0.717) is 0 Å². The van der Waals surface area contributed by atoms with Gasteiger partial charge in [0.05, 0.1) is 11.2 Å². The molecule has 0 unspecified atom stereocenters. The summed E-state index contributed by atoms with van der Waals surface area (Å²) in [6, 6.07) is 1.21. The Morgan fingerprint density at radius 2 is 2.04 bits per heavy atom. The van der Waals surface area contributed by atoms with E-state index in [-0.39, 0.29) is 34.4 Å². The summed E-state index contributed by atoms with van der Waals surface area (Å²) < 4.78 is 0. The molecule has 138 valence electrons. The third-order valence-corrected chi connectivity index (χ3v) is 3.59. The zero-order valence-corrected chi connectivity index (χ0v) is 14.4. The summed E-state index contributed by atoms with van der Waals surface area (Å²) in [4.78, 5) is 35.8. The van der Waals surface area contributed by atoms with Crippen LogP contribution in [0, 0.1) is 0 Å². The van der Waals surface area contributed by atoms with Gasteiger partial charge in [-0.05, 0) is 6.07 Å². The number of hydrogen-bond acceptors (Lipinski definition) is 8. The van der Waals surface area contributed by atoms with Crippen LogP contribution in [0.1, 0.15) is 12.0 Å². The SMILES string of the molecule is O=C(CCNc1n[nH]c(=O)[nH]c1=O)N/N=C/c1cc(Cl)c(O)c(Cl)c1O. The highest BCUT2D eigenvalue weighted by Gasteiger charge is 2.13. The number of nitrogens with zero attached hydrogens (tertiary/aromatic N) is 2. The van der Waals surface area contributed by atoms with Gasteiger partial charge in [-0.2, -0.15) is 5.10 Å². The number of carbonyl (C=O) groups is 1. The van der Waals surface area contributed by atoms with E-state index in [4.69, 9.17) is 23.2 Å². The molecule has 0 spiro atoms. The highest BCUT2D eigenvalue weighted by atomic mass is 35.5. The van der Waals surface area contributed by atoms with Crippen molar-refractivity contribution >= 4 is 41.1 Å². The van der Waals surface area contributed by atoms with Gasteiger partial charge in [-0.1, -0.05) is 23.2 Å². The van der Waals surface area contributed by atoms with Gasteiger partial charge in [-0.25, -0.2) is 15.3 Å². The van der Waals surface area contributed by atoms with Crippen molar-refractivity contribution < 1.29 is 15.0 Å². The van der Waals surface area contributed by atoms with Crippen LogP contribution in [-0.4, -0.2) is 44.1 Å². The van der Waals surface area contributed by atoms with Gasteiger partial charge in [0.15, 0.2) is 5.75 Å². The minimum Gasteiger partial charge on any atom is -0.506 e. The lowest BCUT2D eigenvalue weighted by Gasteiger charge is -2.06. The molecule has 0 radical (unpaired) electrons. The molecular formula is C13H12Cl2N6O5. The summed E-state index contributed by atoms with van der Waals surface area (Å²) in [5, 5.41) is 30.5. The molecule has 6 N–H and O–H groups in total. The second-order valence-electron chi connectivity index (χ2n) is 4.78. The molecule has 0 aliphatic rings. The van der Waals surface area contributed by atoms with E-state index in [2.05, 4.69) is 20.9 Å². The summed E-state index contributed by atoms with van der Waals surface area (Å²) in [6.45, 7) is 0.0472. The van der Waals surface area contributed by atoms with Gasteiger partial charge in [0.1, 0.15) is 10.8 Å². The number of phenols is 2. The number of aromatic hydroxyl groups is 2. The lowest BCUT2D eigenvalue weighted by Crippen LogP contribution is -2.28. The number of carbonyl (C=O) groups excluding carboxylic acids is 1. The highest BCUT2D eigenvalue weighted by Crippen LogP contribution is 2.40. The predicted molar refractivity (Wildman–Crippen MR) is 94.1 cm³/mol. The number of aromatic nitrogens is 3. The summed E-state index contributed by atoms with van der Waals surface area (Å²) >= 11 is 11.4. The monoisotopic (exact) mass is 402 g/mol. The first-order chi connectivity index (χ1) is 12.3. The van der Waals surface area contributed by atoms with Crippen molar-refractivity contribution in [1.82, 2.24) is 20.6 Å². The number of hydrogen-bond donors (Lipinski definition) is 6. The Hall–Kier alpha value is -3.05. The largest absolute Gasteiger partial charge is 0.506 e. The Labute approximate surface area is 154 Å². The van der Waals surface area contributed by atoms with Crippen LogP contribution in [-0.2, 0) is 4.79 Å². The molecule has 0 saturated carbocycles. The number of hydrazone groups is 1. The van der Waals surface area contributed by atoms with Crippen molar-refractivity contribution in [1.29, 1.82) is 0 Å². The average molecular weight is 403 g/mol. The van der Waals surface area contributed by atoms with Crippen LogP contribution >= 0.6 is 23.2 Å². The third-order valence-electron chi connectivity index (χ3n) is 2.95. The van der Waals surface area contributed by atoms with Gasteiger partial charge in [0.2, 0.25) is 11.7 Å². The summed E-state index contributed by atoms with van der Waals surface area (Å²) in [7, 11) is 0. The van der Waals surface area contributed by atoms with Crippen LogP contribution in [0.2, 0.25) is 10.0 Å². The van der Waals surface area contributed by atoms with Crippen LogP contribution in [0.25, 0.3) is 0 Å². The van der Waals surface area contributed by atoms with Crippen molar-refractivity contribution in [3.8, 4) is 11.5 Å². The van der Waals surface area contributed by atoms with Crippen molar-refractivity contribution in [2.75, 3.05) is 11.9 Å². The smallest absolute Gasteiger partial charge is 0.342 e. The number of aromatic amines is 2. The molecule has 0 fully saturated rings. The topological polar surface area (TPSA) is 173 Å². The Balaban J connectivity index is 1.88. The van der Waals surface area contributed by atoms with Crippen LogP contribution in [0.15, 0.2) is 20.8 Å². The summed E-state index contributed by atoms with van der Waals surface area (Å²) in [6.07, 6.45) is 1.02. The molecule has 0 bridgehead atoms. The fourth-order valence-electron chi connectivity index (χ4n) is 1.71. The Morgan fingerprint density at radius 1 is 1.31 bits per heavy atom. The molecule has 0 aliphatic heterocycles. The lowest BCUT2D eigenvalue weighted by atomic mass is 10.2. The van der Waals surface area contributed by atoms with Crippen LogP contribution in [0.3, 0.4) is 0 Å². The molecule has 2 aromatic rings. The van der Waals surface area contributed by atoms with E-state index in [1.165, 1.54) is 6.07 Å². The Kier molecular flexibility index (Phi) is 6.20. The molecule has 0 aliphatic carbocycles. The third kappa shape index (κ3) is 4.74. The van der Waals surface area contributed by atoms with E-state index < -0.39 is 28.7 Å². The van der Waals surface area contributed by atoms with E-state index >= 15 is 0 Å². The van der Waals surface area contributed by atoms with Crippen molar-refractivity contribution in [2.24, 2.45) is 5.10 Å². The molecular weight excluding hydrogens is 391 g/mol. The lowest BCUT2D eigenvalue weighted by molar-refractivity contribution is -0.120. The zero-order valence-electron chi connectivity index (χ0n) is 12.8. The minimum atomic E-state index is -0.745. The van der Waals surface area contributed by atoms with Crippen LogP contribution in [0.4, 0.5) is 5.82 Å². The number of H-pyrrole nitrogens is 2. The number of rotatable bonds is 6. The Bertz CT molecular complexity index is 970. The molecule has 26 heavy (non-hydrogen) atoms. The van der Waals surface area contributed by atoms with Gasteiger partial charge in [-0.15, -0.1) is 5.10 Å². The fraction of sp³-hybridized carbons (Fsp3) is 0.154. The molecule has 0 saturated heterocycles. The van der Waals surface area contributed by atoms with Crippen LogP contribution in [0.5, 0.6) is 11.5 Å². The maximum Gasteiger partial charge on any atom is 0.342 e. The van der Waals surface area contributed by atoms with Crippen molar-refractivity contribution in [3.63, 3.8) is 0 Å². The molecule has 13 heteroatoms. The zero-order chi connectivity index (χ0) is 19.3. The van der Waals surface area contributed by atoms with Crippen molar-refractivity contribution in [2.45, 2.75) is 6.42 Å². The van der Waals surface area contributed by atoms with Gasteiger partial charge in [0.25, 0.3) is 5.56 Å². The minimum absolute atomic E-state index is 0.0472. The predicted octanol–water partition coefficient (Wildman–Crippen LogP) is 0.128. The quantitative estimate of drug-likeness (QED) is 0.294. The van der Waals surface area contributed by atoms with E-state index in [1.54, 1.807) is 0 Å². The first kappa shape index (κ1) is 19.3. The Morgan fingerprint density at radius 3 is 2.73 bits per heavy atom. The number of halogens is 2. The van der Waals surface area contributed by atoms with E-state index in [9.17, 15) is 24.6 Å². The molecule has 1 amide bonds. The summed E-state index contributed by atoms with van der Waals surface area (Å²) in [5.74, 6) is -1.56. The number of nitrogens with one attached hydrogen (secondary N) is 4. The summed E-state index contributed by atoms with van der Waals surface area (Å²) in [5.41, 5.74) is 0.808. The van der Waals surface area contributed by atoms with Gasteiger partial charge >= 0.3 is 5.69 Å². The standard InChI is InChI=1S/C13H12Cl2N6O5/c14-6-3-5(9(23)8(15)10(6)24)4-17-19-7(22)1-2-16-11-12(25)18-13(26)21-20-11/h3-4,23-24H,1-2H2,(H,16,20)(H,19,22)(H2,18,21,25,26)/b17-4+. The second-order valence-corrected chi connectivity index (χ2v) is 5.57. The number of phenolic OH excluding ortho intramolecular Hbond substituents is 2. The molecule has 2 rings (SSSR count). The van der Waals surface area contributed by atoms with Gasteiger partial charge in [-0.3, -0.25) is 14.6 Å². The van der Waals surface area contributed by atoms with E-state index in [0.717, 1.165) is 6.21 Å².